The van der Waals surface area contributed by atoms with Crippen LogP contribution in [0, 0.1) is 0 Å². The van der Waals surface area contributed by atoms with Crippen LogP contribution >= 0.6 is 37.9 Å². The van der Waals surface area contributed by atoms with Gasteiger partial charge in [-0.3, -0.25) is 19.1 Å². The van der Waals surface area contributed by atoms with Gasteiger partial charge in [0.2, 0.25) is 10.6 Å². The number of carbonyl (C=O) groups excluding carboxylic acids is 2. The van der Waals surface area contributed by atoms with E-state index in [4.69, 9.17) is 75.7 Å². The molecule has 0 spiro atoms. The predicted octanol–water partition coefficient (Wildman–Crippen LogP) is 7.54. The number of fused-ring (bicyclic) bond motifs is 3. The highest BCUT2D eigenvalue weighted by Gasteiger charge is 2.58. The molecule has 2 aliphatic carbocycles. The number of methoxy groups -OCH3 is 2. The molecule has 9 rings (SSSR count). The van der Waals surface area contributed by atoms with E-state index in [9.17, 15) is 43.5 Å². The van der Waals surface area contributed by atoms with Gasteiger partial charge < -0.3 is 82.4 Å². The molecule has 4 aromatic heterocycles. The van der Waals surface area contributed by atoms with Crippen molar-refractivity contribution >= 4 is 89.7 Å². The molecule has 3 saturated heterocycles. The summed E-state index contributed by atoms with van der Waals surface area (Å²) in [7, 11) is -5.44. The zero-order valence-electron chi connectivity index (χ0n) is 52.8. The highest BCUT2D eigenvalue weighted by Crippen LogP contribution is 2.57. The number of ether oxygens (including phenoxy) is 10. The zero-order valence-corrected chi connectivity index (χ0v) is 56.1. The number of hydrogen-bond donors (Lipinski definition) is 6. The summed E-state index contributed by atoms with van der Waals surface area (Å²) in [4.78, 5) is 76.5. The molecule has 34 heteroatoms. The van der Waals surface area contributed by atoms with Gasteiger partial charge in [-0.25, -0.2) is 14.2 Å². The summed E-state index contributed by atoms with van der Waals surface area (Å²) in [5, 5.41) is 40.0. The number of anilines is 2. The van der Waals surface area contributed by atoms with E-state index in [1.807, 2.05) is 20.8 Å². The van der Waals surface area contributed by atoms with E-state index >= 15 is 0 Å². The minimum Gasteiger partial charge on any atom is -0.481 e. The third kappa shape index (κ3) is 16.6. The summed E-state index contributed by atoms with van der Waals surface area (Å²) < 4.78 is 87.9. The normalized spacial score (nSPS) is 25.4. The van der Waals surface area contributed by atoms with Crippen LogP contribution in [0.25, 0.3) is 22.1 Å². The molecule has 5 aliphatic rings. The molecule has 6 N–H and O–H groups in total. The van der Waals surface area contributed by atoms with E-state index < -0.39 is 136 Å². The first-order valence-corrected chi connectivity index (χ1v) is 34.9. The number of carboxylic acids is 1. The average molecular weight is 1350 g/mol. The van der Waals surface area contributed by atoms with Crippen LogP contribution in [0.5, 0.6) is 0 Å². The van der Waals surface area contributed by atoms with E-state index in [0.29, 0.717) is 28.1 Å². The van der Waals surface area contributed by atoms with Crippen molar-refractivity contribution in [3.8, 4) is 0 Å². The second-order valence-electron chi connectivity index (χ2n) is 26.2. The smallest absolute Gasteiger partial charge is 0.416 e. The third-order valence-electron chi connectivity index (χ3n) is 16.1. The second kappa shape index (κ2) is 28.3. The van der Waals surface area contributed by atoms with E-state index in [1.54, 1.807) is 63.7 Å². The van der Waals surface area contributed by atoms with E-state index in [-0.39, 0.29) is 54.4 Å². The Morgan fingerprint density at radius 1 is 0.722 bits per heavy atom. The fourth-order valence-electron chi connectivity index (χ4n) is 11.8. The van der Waals surface area contributed by atoms with Crippen molar-refractivity contribution < 1.29 is 96.0 Å². The quantitative estimate of drug-likeness (QED) is 0.0224. The van der Waals surface area contributed by atoms with Gasteiger partial charge in [0.1, 0.15) is 66.1 Å². The molecule has 1 amide bonds. The summed E-state index contributed by atoms with van der Waals surface area (Å²) in [6.45, 7) is 16.4. The zero-order chi connectivity index (χ0) is 66.1. The summed E-state index contributed by atoms with van der Waals surface area (Å²) >= 11 is 12.7. The topological polar surface area (TPSA) is 381 Å². The van der Waals surface area contributed by atoms with Gasteiger partial charge in [0.05, 0.1) is 49.6 Å². The largest absolute Gasteiger partial charge is 0.481 e. The maximum absolute atomic E-state index is 13.9. The van der Waals surface area contributed by atoms with Crippen LogP contribution in [-0.2, 0) is 66.1 Å². The second-order valence-corrected chi connectivity index (χ2v) is 32.3. The van der Waals surface area contributed by atoms with Gasteiger partial charge in [0, 0.05) is 45.6 Å². The van der Waals surface area contributed by atoms with Crippen molar-refractivity contribution in [3.05, 3.63) is 23.0 Å². The Hall–Kier alpha value is -4.33. The van der Waals surface area contributed by atoms with Crippen LogP contribution in [-0.4, -0.2) is 213 Å². The first-order chi connectivity index (χ1) is 42.0. The van der Waals surface area contributed by atoms with Gasteiger partial charge >= 0.3 is 25.6 Å². The number of halogens is 2. The van der Waals surface area contributed by atoms with Crippen molar-refractivity contribution in [3.63, 3.8) is 0 Å². The number of aliphatic hydroxyl groups is 2. The molecule has 30 nitrogen and oxygen atoms in total. The van der Waals surface area contributed by atoms with Crippen molar-refractivity contribution in [2.75, 3.05) is 64.2 Å². The number of aromatic nitrogens is 8. The number of nitrogens with one attached hydrogen (secondary N) is 1. The molecule has 3 aliphatic heterocycles. The Morgan fingerprint density at radius 2 is 1.24 bits per heavy atom. The number of carboxylic acid groups (broad SMARTS) is 1. The Kier molecular flexibility index (Phi) is 22.5. The summed E-state index contributed by atoms with van der Waals surface area (Å²) in [5.41, 5.74) is -0.827. The van der Waals surface area contributed by atoms with E-state index in [2.05, 4.69) is 35.5 Å². The first-order valence-electron chi connectivity index (χ1n) is 29.9. The summed E-state index contributed by atoms with van der Waals surface area (Å²) in [6.07, 6.45) is 0.757. The molecule has 2 unspecified atom stereocenters. The Labute approximate surface area is 531 Å². The van der Waals surface area contributed by atoms with Gasteiger partial charge in [-0.1, -0.05) is 25.7 Å². The average Bonchev–Trinajstić information content (AvgIpc) is 1.58. The predicted molar refractivity (Wildman–Crippen MR) is 326 cm³/mol. The van der Waals surface area contributed by atoms with Crippen LogP contribution in [0.1, 0.15) is 145 Å². The maximum Gasteiger partial charge on any atom is 0.416 e. The molecule has 7 heterocycles. The van der Waals surface area contributed by atoms with Gasteiger partial charge in [-0.15, -0.1) is 0 Å². The highest BCUT2D eigenvalue weighted by atomic mass is 35.5. The molecule has 504 valence electrons. The van der Waals surface area contributed by atoms with Crippen molar-refractivity contribution in [2.24, 2.45) is 0 Å². The number of amides is 1. The van der Waals surface area contributed by atoms with Crippen molar-refractivity contribution in [1.29, 1.82) is 0 Å². The SMILES string of the molecule is COCC(CCC(=O)O)(OC[C@H]1O[C@@H](n2ncc3c(NC4CCCC4)nc(Cl)nc32)[C@H](O)[C@@H]1O)P(=O)(O)O.COCC(CCC(=O)OC(C)(C)C)(OC[C@H]1O[C@@H](n2ncc3c(N(C(=O)OC(C)(C)C)C4CCCC4)nc(Cl)nc32)[C@@H]2OC(C)(C)O[C@@H]21)P(C)(C)=O. The molecule has 4 aromatic rings. The monoisotopic (exact) mass is 1350 g/mol. The Bertz CT molecular complexity index is 3270. The minimum absolute atomic E-state index is 0.0235. The molecule has 10 atom stereocenters. The standard InChI is InChI=1S/C35H55ClN5O10P.C21H31ClN5O10P/c1-32(2,3)48-24(42)16-17-35(20-45-9,52(10,11)44)46-19-23-25-26(50-34(7,8)49-25)29(47-23)41-28-22(18-37-41)27(38-30(36)39-28)40(21-14-12-13-15-21)31(43)51-33(4,5)6;1-35-10-21(38(32,33)34,7-6-14(28)29)36-9-13-15(30)16(31)19(37-13)27-18-12(8-23-27)17(25-20(22)26-18)24-11-4-2-3-5-11/h18,21,23,25-26,29H,12-17,19-20H2,1-11H3;8,11,13,15-16,19,30-31H,2-7,9-10H2,1H3,(H,28,29)(H,24,25,26)(H2,32,33,34)/t23-,25-,26-,29-,35?;13-,15-,16-,19-,21?/m11/s1. The number of esters is 1. The lowest BCUT2D eigenvalue weighted by molar-refractivity contribution is -0.207. The molecule has 0 aromatic carbocycles. The van der Waals surface area contributed by atoms with Gasteiger partial charge in [-0.05, 0) is 124 Å². The molecule has 90 heavy (non-hydrogen) atoms. The number of hydrogen-bond acceptors (Lipinski definition) is 24. The molecular weight excluding hydrogens is 1270 g/mol. The van der Waals surface area contributed by atoms with Crippen molar-refractivity contribution in [1.82, 2.24) is 39.5 Å². The lowest BCUT2D eigenvalue weighted by Crippen LogP contribution is -2.43. The fourth-order valence-corrected chi connectivity index (χ4v) is 14.6. The number of aliphatic carboxylic acids is 1. The van der Waals surface area contributed by atoms with Crippen LogP contribution < -0.4 is 10.2 Å². The summed E-state index contributed by atoms with van der Waals surface area (Å²) in [5.74, 6) is -1.91. The maximum atomic E-state index is 13.9. The lowest BCUT2D eigenvalue weighted by Gasteiger charge is -2.38. The molecule has 5 fully saturated rings. The Morgan fingerprint density at radius 3 is 1.83 bits per heavy atom. The number of nitrogens with zero attached hydrogens (tertiary/aromatic N) is 9. The van der Waals surface area contributed by atoms with E-state index in [1.165, 1.54) is 25.1 Å². The first kappa shape index (κ1) is 71.5. The van der Waals surface area contributed by atoms with Gasteiger partial charge in [0.15, 0.2) is 40.7 Å². The molecular formula is C56H86Cl2N10O20P2. The van der Waals surface area contributed by atoms with Gasteiger partial charge in [0.25, 0.3) is 0 Å². The van der Waals surface area contributed by atoms with Crippen LogP contribution in [0.2, 0.25) is 10.6 Å². The molecule has 0 radical (unpaired) electrons. The number of rotatable bonds is 24. The highest BCUT2D eigenvalue weighted by molar-refractivity contribution is 7.63. The summed E-state index contributed by atoms with van der Waals surface area (Å²) in [6, 6.07) is 0.0934. The molecule has 2 saturated carbocycles. The Balaban J connectivity index is 0.000000244. The number of aliphatic hydroxyl groups excluding tert-OH is 2. The van der Waals surface area contributed by atoms with Crippen LogP contribution in [0.15, 0.2) is 12.4 Å². The third-order valence-corrected chi connectivity index (χ3v) is 20.5. The van der Waals surface area contributed by atoms with Crippen molar-refractivity contribution in [2.45, 2.75) is 221 Å². The van der Waals surface area contributed by atoms with Gasteiger partial charge in [-0.2, -0.15) is 30.1 Å². The van der Waals surface area contributed by atoms with E-state index in [0.717, 1.165) is 51.4 Å². The van der Waals surface area contributed by atoms with Crippen LogP contribution in [0.4, 0.5) is 16.4 Å². The molecule has 0 bridgehead atoms. The number of carbonyl (C=O) groups is 3. The fraction of sp³-hybridized carbons (Fsp3) is 0.768. The lowest BCUT2D eigenvalue weighted by atomic mass is 10.1. The minimum atomic E-state index is -5.06. The van der Waals surface area contributed by atoms with Crippen LogP contribution in [0.3, 0.4) is 0 Å².